The average molecular weight is 264 g/mol. The first kappa shape index (κ1) is 13.7. The maximum atomic E-state index is 11.1. The van der Waals surface area contributed by atoms with Crippen LogP contribution in [0.5, 0.6) is 11.5 Å². The maximum absolute atomic E-state index is 11.1. The van der Waals surface area contributed by atoms with E-state index >= 15 is 0 Å². The van der Waals surface area contributed by atoms with Crippen LogP contribution in [-0.4, -0.2) is 32.7 Å². The first-order valence-electron chi connectivity index (χ1n) is 6.46. The van der Waals surface area contributed by atoms with Gasteiger partial charge >= 0.3 is 0 Å². The molecule has 5 heteroatoms. The molecule has 1 aromatic carbocycles. The number of nitrogens with one attached hydrogen (secondary N) is 2. The molecule has 2 rings (SSSR count). The van der Waals surface area contributed by atoms with Gasteiger partial charge in [-0.25, -0.2) is 0 Å². The van der Waals surface area contributed by atoms with Crippen molar-refractivity contribution in [1.29, 1.82) is 0 Å². The second-order valence-corrected chi connectivity index (χ2v) is 4.60. The SMILES string of the molecule is CNC(=O)COc1ccc(CNC2CC2)cc1OC. The van der Waals surface area contributed by atoms with Gasteiger partial charge in [0.2, 0.25) is 0 Å². The Morgan fingerprint density at radius 2 is 2.16 bits per heavy atom. The van der Waals surface area contributed by atoms with E-state index in [1.165, 1.54) is 12.8 Å². The van der Waals surface area contributed by atoms with Crippen molar-refractivity contribution in [2.75, 3.05) is 20.8 Å². The third-order valence-electron chi connectivity index (χ3n) is 3.04. The van der Waals surface area contributed by atoms with Gasteiger partial charge in [-0.1, -0.05) is 6.07 Å². The highest BCUT2D eigenvalue weighted by atomic mass is 16.5. The molecule has 2 N–H and O–H groups in total. The van der Waals surface area contributed by atoms with Crippen molar-refractivity contribution in [2.24, 2.45) is 0 Å². The Morgan fingerprint density at radius 1 is 1.37 bits per heavy atom. The van der Waals surface area contributed by atoms with Crippen molar-refractivity contribution in [3.63, 3.8) is 0 Å². The molecule has 0 spiro atoms. The molecular formula is C14H20N2O3. The van der Waals surface area contributed by atoms with Gasteiger partial charge in [-0.15, -0.1) is 0 Å². The first-order chi connectivity index (χ1) is 9.22. The zero-order chi connectivity index (χ0) is 13.7. The third kappa shape index (κ3) is 4.13. The van der Waals surface area contributed by atoms with Gasteiger partial charge in [0.15, 0.2) is 18.1 Å². The van der Waals surface area contributed by atoms with E-state index in [-0.39, 0.29) is 12.5 Å². The molecule has 0 radical (unpaired) electrons. The number of rotatable bonds is 7. The molecule has 0 unspecified atom stereocenters. The van der Waals surface area contributed by atoms with Crippen LogP contribution in [0.25, 0.3) is 0 Å². The molecule has 1 aromatic rings. The Kier molecular flexibility index (Phi) is 4.63. The Bertz CT molecular complexity index is 444. The van der Waals surface area contributed by atoms with Crippen molar-refractivity contribution in [1.82, 2.24) is 10.6 Å². The number of carbonyl (C=O) groups excluding carboxylic acids is 1. The number of hydrogen-bond acceptors (Lipinski definition) is 4. The van der Waals surface area contributed by atoms with Crippen LogP contribution < -0.4 is 20.1 Å². The number of likely N-dealkylation sites (N-methyl/N-ethyl adjacent to an activating group) is 1. The monoisotopic (exact) mass is 264 g/mol. The number of carbonyl (C=O) groups is 1. The Morgan fingerprint density at radius 3 is 2.79 bits per heavy atom. The van der Waals surface area contributed by atoms with Gasteiger partial charge in [0, 0.05) is 19.6 Å². The molecule has 1 fully saturated rings. The zero-order valence-electron chi connectivity index (χ0n) is 11.4. The summed E-state index contributed by atoms with van der Waals surface area (Å²) in [6.45, 7) is 0.823. The second-order valence-electron chi connectivity index (χ2n) is 4.60. The lowest BCUT2D eigenvalue weighted by Crippen LogP contribution is -2.25. The number of ether oxygens (including phenoxy) is 2. The lowest BCUT2D eigenvalue weighted by Gasteiger charge is -2.12. The number of benzene rings is 1. The fourth-order valence-electron chi connectivity index (χ4n) is 1.71. The molecule has 0 aliphatic heterocycles. The van der Waals surface area contributed by atoms with E-state index in [4.69, 9.17) is 9.47 Å². The average Bonchev–Trinajstić information content (AvgIpc) is 3.26. The van der Waals surface area contributed by atoms with E-state index in [0.717, 1.165) is 12.1 Å². The Hall–Kier alpha value is -1.75. The molecule has 1 aliphatic rings. The molecule has 0 aromatic heterocycles. The van der Waals surface area contributed by atoms with Crippen molar-refractivity contribution >= 4 is 5.91 Å². The zero-order valence-corrected chi connectivity index (χ0v) is 11.4. The molecule has 19 heavy (non-hydrogen) atoms. The Balaban J connectivity index is 1.96. The molecule has 0 bridgehead atoms. The van der Waals surface area contributed by atoms with Crippen molar-refractivity contribution in [3.05, 3.63) is 23.8 Å². The van der Waals surface area contributed by atoms with Gasteiger partial charge in [-0.2, -0.15) is 0 Å². The smallest absolute Gasteiger partial charge is 0.257 e. The molecule has 0 saturated heterocycles. The quantitative estimate of drug-likeness (QED) is 0.773. The van der Waals surface area contributed by atoms with Crippen LogP contribution in [0.15, 0.2) is 18.2 Å². The highest BCUT2D eigenvalue weighted by Crippen LogP contribution is 2.28. The van der Waals surface area contributed by atoms with Crippen LogP contribution in [0.3, 0.4) is 0 Å². The standard InChI is InChI=1S/C14H20N2O3/c1-15-14(17)9-19-12-6-3-10(7-13(12)18-2)8-16-11-4-5-11/h3,6-7,11,16H,4-5,8-9H2,1-2H3,(H,15,17). The molecule has 1 saturated carbocycles. The molecular weight excluding hydrogens is 244 g/mol. The molecule has 1 amide bonds. The topological polar surface area (TPSA) is 59.6 Å². The summed E-state index contributed by atoms with van der Waals surface area (Å²) < 4.78 is 10.7. The fraction of sp³-hybridized carbons (Fsp3) is 0.500. The summed E-state index contributed by atoms with van der Waals surface area (Å²) in [6.07, 6.45) is 2.54. The van der Waals surface area contributed by atoms with Crippen LogP contribution in [0.1, 0.15) is 18.4 Å². The third-order valence-corrected chi connectivity index (χ3v) is 3.04. The maximum Gasteiger partial charge on any atom is 0.257 e. The highest BCUT2D eigenvalue weighted by Gasteiger charge is 2.20. The predicted molar refractivity (Wildman–Crippen MR) is 72.4 cm³/mol. The lowest BCUT2D eigenvalue weighted by molar-refractivity contribution is -0.122. The number of methoxy groups -OCH3 is 1. The fourth-order valence-corrected chi connectivity index (χ4v) is 1.71. The summed E-state index contributed by atoms with van der Waals surface area (Å²) in [6, 6.07) is 6.44. The number of amides is 1. The van der Waals surface area contributed by atoms with Crippen molar-refractivity contribution < 1.29 is 14.3 Å². The molecule has 0 heterocycles. The summed E-state index contributed by atoms with van der Waals surface area (Å²) >= 11 is 0. The van der Waals surface area contributed by atoms with E-state index in [2.05, 4.69) is 10.6 Å². The van der Waals surface area contributed by atoms with Crippen molar-refractivity contribution in [2.45, 2.75) is 25.4 Å². The molecule has 0 atom stereocenters. The second kappa shape index (κ2) is 6.43. The van der Waals surface area contributed by atoms with Crippen LogP contribution in [-0.2, 0) is 11.3 Å². The van der Waals surface area contributed by atoms with Gasteiger partial charge in [0.1, 0.15) is 0 Å². The summed E-state index contributed by atoms with van der Waals surface area (Å²) in [5, 5.41) is 5.95. The van der Waals surface area contributed by atoms with Crippen LogP contribution in [0.4, 0.5) is 0 Å². The minimum atomic E-state index is -0.165. The van der Waals surface area contributed by atoms with E-state index < -0.39 is 0 Å². The first-order valence-corrected chi connectivity index (χ1v) is 6.46. The summed E-state index contributed by atoms with van der Waals surface area (Å²) in [4.78, 5) is 11.1. The van der Waals surface area contributed by atoms with Crippen LogP contribution in [0, 0.1) is 0 Å². The van der Waals surface area contributed by atoms with E-state index in [1.54, 1.807) is 14.2 Å². The van der Waals surface area contributed by atoms with E-state index in [0.29, 0.717) is 17.5 Å². The molecule has 1 aliphatic carbocycles. The molecule has 104 valence electrons. The van der Waals surface area contributed by atoms with Gasteiger partial charge < -0.3 is 20.1 Å². The lowest BCUT2D eigenvalue weighted by atomic mass is 10.2. The van der Waals surface area contributed by atoms with Gasteiger partial charge in [0.25, 0.3) is 5.91 Å². The minimum Gasteiger partial charge on any atom is -0.493 e. The van der Waals surface area contributed by atoms with E-state index in [9.17, 15) is 4.79 Å². The van der Waals surface area contributed by atoms with Gasteiger partial charge in [0.05, 0.1) is 7.11 Å². The summed E-state index contributed by atoms with van der Waals surface area (Å²) in [7, 11) is 3.18. The molecule has 5 nitrogen and oxygen atoms in total. The highest BCUT2D eigenvalue weighted by molar-refractivity contribution is 5.77. The van der Waals surface area contributed by atoms with Crippen molar-refractivity contribution in [3.8, 4) is 11.5 Å². The van der Waals surface area contributed by atoms with Crippen LogP contribution in [0.2, 0.25) is 0 Å². The van der Waals surface area contributed by atoms with Gasteiger partial charge in [-0.3, -0.25) is 4.79 Å². The summed E-state index contributed by atoms with van der Waals surface area (Å²) in [5.41, 5.74) is 1.15. The Labute approximate surface area is 113 Å². The predicted octanol–water partition coefficient (Wildman–Crippen LogP) is 1.07. The minimum absolute atomic E-state index is 0.00741. The van der Waals surface area contributed by atoms with Crippen LogP contribution >= 0.6 is 0 Å². The van der Waals surface area contributed by atoms with E-state index in [1.807, 2.05) is 18.2 Å². The normalized spacial score (nSPS) is 14.0. The van der Waals surface area contributed by atoms with Gasteiger partial charge in [-0.05, 0) is 30.5 Å². The number of hydrogen-bond donors (Lipinski definition) is 2. The largest absolute Gasteiger partial charge is 0.493 e. The summed E-state index contributed by atoms with van der Waals surface area (Å²) in [5.74, 6) is 1.07.